The van der Waals surface area contributed by atoms with Crippen molar-refractivity contribution < 1.29 is 22.7 Å². The topological polar surface area (TPSA) is 29.5 Å². The second-order valence-corrected chi connectivity index (χ2v) is 6.69. The minimum atomic E-state index is -4.35. The van der Waals surface area contributed by atoms with E-state index in [9.17, 15) is 18.0 Å². The van der Waals surface area contributed by atoms with Gasteiger partial charge >= 0.3 is 6.18 Å². The monoisotopic (exact) mass is 383 g/mol. The molecule has 2 aromatic rings. The van der Waals surface area contributed by atoms with Gasteiger partial charge < -0.3 is 9.64 Å². The van der Waals surface area contributed by atoms with E-state index in [0.717, 1.165) is 22.8 Å². The van der Waals surface area contributed by atoms with Crippen LogP contribution in [0.25, 0.3) is 0 Å². The molecule has 2 rings (SSSR count). The maximum Gasteiger partial charge on any atom is 0.416 e. The molecular weight excluding hydrogens is 363 g/mol. The third-order valence-electron chi connectivity index (χ3n) is 3.62. The summed E-state index contributed by atoms with van der Waals surface area (Å²) >= 11 is 1.40. The predicted octanol–water partition coefficient (Wildman–Crippen LogP) is 4.85. The summed E-state index contributed by atoms with van der Waals surface area (Å²) in [5.74, 6) is 0.942. The molecule has 0 spiro atoms. The van der Waals surface area contributed by atoms with Crippen molar-refractivity contribution in [1.82, 2.24) is 4.90 Å². The molecule has 0 bridgehead atoms. The van der Waals surface area contributed by atoms with Crippen molar-refractivity contribution in [3.05, 3.63) is 59.7 Å². The van der Waals surface area contributed by atoms with Crippen molar-refractivity contribution in [3.8, 4) is 5.75 Å². The third-order valence-corrected chi connectivity index (χ3v) is 4.62. The summed E-state index contributed by atoms with van der Waals surface area (Å²) in [5.41, 5.74) is -0.0406. The lowest BCUT2D eigenvalue weighted by molar-refractivity contribution is -0.137. The smallest absolute Gasteiger partial charge is 0.416 e. The maximum atomic E-state index is 12.6. The first-order valence-corrected chi connectivity index (χ1v) is 9.04. The van der Waals surface area contributed by atoms with E-state index in [1.54, 1.807) is 7.05 Å². The first-order chi connectivity index (χ1) is 12.3. The Morgan fingerprint density at radius 1 is 1.08 bits per heavy atom. The highest BCUT2D eigenvalue weighted by atomic mass is 32.2. The van der Waals surface area contributed by atoms with Crippen LogP contribution in [0.1, 0.15) is 18.1 Å². The van der Waals surface area contributed by atoms with Crippen molar-refractivity contribution in [2.75, 3.05) is 19.4 Å². The Balaban J connectivity index is 1.85. The zero-order chi connectivity index (χ0) is 19.2. The van der Waals surface area contributed by atoms with Crippen LogP contribution in [0.2, 0.25) is 0 Å². The quantitative estimate of drug-likeness (QED) is 0.640. The van der Waals surface area contributed by atoms with E-state index in [2.05, 4.69) is 0 Å². The number of amides is 1. The van der Waals surface area contributed by atoms with E-state index in [1.165, 1.54) is 28.8 Å². The van der Waals surface area contributed by atoms with Gasteiger partial charge in [-0.3, -0.25) is 4.79 Å². The number of hydrogen-bond donors (Lipinski definition) is 0. The molecule has 7 heteroatoms. The minimum Gasteiger partial charge on any atom is -0.494 e. The summed E-state index contributed by atoms with van der Waals surface area (Å²) < 4.78 is 43.1. The molecule has 140 valence electrons. The molecule has 0 aliphatic carbocycles. The van der Waals surface area contributed by atoms with Gasteiger partial charge in [0.25, 0.3) is 0 Å². The van der Waals surface area contributed by atoms with E-state index in [1.807, 2.05) is 31.2 Å². The molecule has 2 aromatic carbocycles. The molecule has 0 heterocycles. The van der Waals surface area contributed by atoms with Crippen LogP contribution in [0, 0.1) is 0 Å². The van der Waals surface area contributed by atoms with E-state index < -0.39 is 11.7 Å². The Kier molecular flexibility index (Phi) is 6.97. The van der Waals surface area contributed by atoms with Gasteiger partial charge in [0, 0.05) is 18.5 Å². The van der Waals surface area contributed by atoms with E-state index in [0.29, 0.717) is 12.2 Å². The fraction of sp³-hybridized carbons (Fsp3) is 0.316. The van der Waals surface area contributed by atoms with Crippen LogP contribution in [-0.4, -0.2) is 30.2 Å². The summed E-state index contributed by atoms with van der Waals surface area (Å²) in [7, 11) is 1.64. The van der Waals surface area contributed by atoms with Gasteiger partial charge in [-0.2, -0.15) is 13.2 Å². The molecule has 0 unspecified atom stereocenters. The molecule has 3 nitrogen and oxygen atoms in total. The summed E-state index contributed by atoms with van der Waals surface area (Å²) in [4.78, 5) is 14.7. The molecule has 0 aliphatic rings. The Morgan fingerprint density at radius 3 is 2.23 bits per heavy atom. The van der Waals surface area contributed by atoms with Crippen molar-refractivity contribution in [2.24, 2.45) is 0 Å². The minimum absolute atomic E-state index is 0.0937. The molecule has 0 N–H and O–H groups in total. The average molecular weight is 383 g/mol. The molecular formula is C19H20F3NO2S. The molecule has 0 radical (unpaired) electrons. The number of hydrogen-bond acceptors (Lipinski definition) is 3. The molecule has 26 heavy (non-hydrogen) atoms. The number of carbonyl (C=O) groups is 1. The lowest BCUT2D eigenvalue weighted by Crippen LogP contribution is -2.27. The highest BCUT2D eigenvalue weighted by Crippen LogP contribution is 2.29. The van der Waals surface area contributed by atoms with Gasteiger partial charge in [-0.15, -0.1) is 11.8 Å². The maximum absolute atomic E-state index is 12.6. The summed E-state index contributed by atoms with van der Waals surface area (Å²) in [6.45, 7) is 2.77. The molecule has 0 aromatic heterocycles. The summed E-state index contributed by atoms with van der Waals surface area (Å²) in [5, 5.41) is 0. The molecule has 0 atom stereocenters. The van der Waals surface area contributed by atoms with Crippen molar-refractivity contribution in [2.45, 2.75) is 24.5 Å². The van der Waals surface area contributed by atoms with Gasteiger partial charge in [-0.1, -0.05) is 12.1 Å². The van der Waals surface area contributed by atoms with Crippen LogP contribution >= 0.6 is 11.8 Å². The molecule has 0 saturated carbocycles. The largest absolute Gasteiger partial charge is 0.494 e. The lowest BCUT2D eigenvalue weighted by Gasteiger charge is -2.17. The Hall–Kier alpha value is -2.15. The van der Waals surface area contributed by atoms with Crippen molar-refractivity contribution >= 4 is 17.7 Å². The number of thioether (sulfide) groups is 1. The van der Waals surface area contributed by atoms with E-state index in [-0.39, 0.29) is 18.2 Å². The number of nitrogens with zero attached hydrogens (tertiary/aromatic N) is 1. The number of benzene rings is 2. The molecule has 0 saturated heterocycles. The van der Waals surface area contributed by atoms with Gasteiger partial charge in [0.15, 0.2) is 0 Å². The van der Waals surface area contributed by atoms with E-state index >= 15 is 0 Å². The van der Waals surface area contributed by atoms with Gasteiger partial charge in [0.1, 0.15) is 5.75 Å². The highest BCUT2D eigenvalue weighted by molar-refractivity contribution is 8.00. The van der Waals surface area contributed by atoms with Crippen LogP contribution < -0.4 is 4.74 Å². The van der Waals surface area contributed by atoms with Crippen molar-refractivity contribution in [1.29, 1.82) is 0 Å². The Morgan fingerprint density at radius 2 is 1.69 bits per heavy atom. The van der Waals surface area contributed by atoms with Gasteiger partial charge in [0.2, 0.25) is 5.91 Å². The van der Waals surface area contributed by atoms with Gasteiger partial charge in [-0.05, 0) is 48.9 Å². The highest BCUT2D eigenvalue weighted by Gasteiger charge is 2.29. The van der Waals surface area contributed by atoms with Crippen LogP contribution in [0.3, 0.4) is 0 Å². The normalized spacial score (nSPS) is 11.3. The fourth-order valence-electron chi connectivity index (χ4n) is 2.22. The number of ether oxygens (including phenoxy) is 1. The van der Waals surface area contributed by atoms with Gasteiger partial charge in [-0.25, -0.2) is 0 Å². The van der Waals surface area contributed by atoms with Crippen LogP contribution in [0.5, 0.6) is 5.75 Å². The second kappa shape index (κ2) is 8.98. The van der Waals surface area contributed by atoms with Gasteiger partial charge in [0.05, 0.1) is 17.9 Å². The van der Waals surface area contributed by atoms with Crippen molar-refractivity contribution in [3.63, 3.8) is 0 Å². The number of carbonyl (C=O) groups excluding carboxylic acids is 1. The summed E-state index contributed by atoms with van der Waals surface area (Å²) in [6.07, 6.45) is -4.35. The standard InChI is InChI=1S/C19H20F3NO2S/c1-3-25-16-8-10-17(11-9-16)26-13-18(24)23(2)12-14-4-6-15(7-5-14)19(20,21)22/h4-11H,3,12-13H2,1-2H3. The van der Waals surface area contributed by atoms with Crippen LogP contribution in [-0.2, 0) is 17.5 Å². The van der Waals surface area contributed by atoms with E-state index in [4.69, 9.17) is 4.74 Å². The fourth-order valence-corrected chi connectivity index (χ4v) is 3.05. The average Bonchev–Trinajstić information content (AvgIpc) is 2.60. The zero-order valence-corrected chi connectivity index (χ0v) is 15.4. The summed E-state index contributed by atoms with van der Waals surface area (Å²) in [6, 6.07) is 12.3. The zero-order valence-electron chi connectivity index (χ0n) is 14.5. The predicted molar refractivity (Wildman–Crippen MR) is 96.3 cm³/mol. The Bertz CT molecular complexity index is 715. The molecule has 0 aliphatic heterocycles. The molecule has 1 amide bonds. The number of rotatable bonds is 7. The first kappa shape index (κ1) is 20.2. The van der Waals surface area contributed by atoms with Crippen LogP contribution in [0.15, 0.2) is 53.4 Å². The third kappa shape index (κ3) is 5.98. The number of alkyl halides is 3. The number of halogens is 3. The Labute approximate surface area is 155 Å². The molecule has 0 fully saturated rings. The lowest BCUT2D eigenvalue weighted by atomic mass is 10.1. The first-order valence-electron chi connectivity index (χ1n) is 8.05. The SMILES string of the molecule is CCOc1ccc(SCC(=O)N(C)Cc2ccc(C(F)(F)F)cc2)cc1. The second-order valence-electron chi connectivity index (χ2n) is 5.64. The van der Waals surface area contributed by atoms with Crippen LogP contribution in [0.4, 0.5) is 13.2 Å².